The number of anilines is 1. The number of halogens is 1. The van der Waals surface area contributed by atoms with Crippen LogP contribution in [-0.2, 0) is 21.2 Å². The molecule has 0 fully saturated rings. The van der Waals surface area contributed by atoms with Crippen LogP contribution in [0.2, 0.25) is 5.02 Å². The van der Waals surface area contributed by atoms with Crippen LogP contribution in [0.4, 0.5) is 5.13 Å². The number of furan rings is 1. The summed E-state index contributed by atoms with van der Waals surface area (Å²) in [6.07, 6.45) is 1.36. The second-order valence-electron chi connectivity index (χ2n) is 7.46. The maximum absolute atomic E-state index is 13.2. The summed E-state index contributed by atoms with van der Waals surface area (Å²) in [6.45, 7) is 3.92. The van der Waals surface area contributed by atoms with Crippen molar-refractivity contribution in [1.82, 2.24) is 4.98 Å². The second-order valence-corrected chi connectivity index (χ2v) is 11.0. The monoisotopic (exact) mass is 488 g/mol. The summed E-state index contributed by atoms with van der Waals surface area (Å²) in [7, 11) is -3.59. The molecule has 2 aromatic carbocycles. The topological polar surface area (TPSA) is 80.5 Å². The quantitative estimate of drug-likeness (QED) is 0.340. The second kappa shape index (κ2) is 9.05. The minimum absolute atomic E-state index is 0.156. The molecule has 166 valence electrons. The average molecular weight is 489 g/mol. The number of fused-ring (bicyclic) bond motifs is 1. The van der Waals surface area contributed by atoms with Crippen LogP contribution in [0.15, 0.2) is 64.1 Å². The molecular weight excluding hydrogens is 468 g/mol. The van der Waals surface area contributed by atoms with Crippen LogP contribution in [0.25, 0.3) is 10.2 Å². The Kier molecular flexibility index (Phi) is 6.37. The van der Waals surface area contributed by atoms with Crippen LogP contribution in [0.1, 0.15) is 23.3 Å². The zero-order valence-corrected chi connectivity index (χ0v) is 19.9. The summed E-state index contributed by atoms with van der Waals surface area (Å²) in [5.74, 6) is -0.0621. The van der Waals surface area contributed by atoms with Gasteiger partial charge in [-0.2, -0.15) is 0 Å². The van der Waals surface area contributed by atoms with Crippen LogP contribution in [0.5, 0.6) is 0 Å². The average Bonchev–Trinajstić information content (AvgIpc) is 3.43. The van der Waals surface area contributed by atoms with E-state index >= 15 is 0 Å². The third-order valence-electron chi connectivity index (χ3n) is 5.13. The molecule has 6 nitrogen and oxygen atoms in total. The van der Waals surface area contributed by atoms with Crippen molar-refractivity contribution in [2.45, 2.75) is 31.7 Å². The first-order valence-electron chi connectivity index (χ1n) is 9.92. The van der Waals surface area contributed by atoms with Crippen molar-refractivity contribution < 1.29 is 17.6 Å². The van der Waals surface area contributed by atoms with Gasteiger partial charge in [-0.25, -0.2) is 13.4 Å². The van der Waals surface area contributed by atoms with Crippen LogP contribution in [-0.4, -0.2) is 25.1 Å². The molecule has 1 amide bonds. The highest BCUT2D eigenvalue weighted by Gasteiger charge is 2.24. The fraction of sp³-hybridized carbons (Fsp3) is 0.217. The van der Waals surface area contributed by atoms with E-state index in [2.05, 4.69) is 4.98 Å². The molecule has 0 saturated carbocycles. The lowest BCUT2D eigenvalue weighted by molar-refractivity contribution is -0.118. The number of hydrogen-bond acceptors (Lipinski definition) is 6. The highest BCUT2D eigenvalue weighted by molar-refractivity contribution is 7.91. The first-order chi connectivity index (χ1) is 15.2. The molecule has 4 aromatic rings. The van der Waals surface area contributed by atoms with E-state index in [1.807, 2.05) is 19.9 Å². The Bertz CT molecular complexity index is 1360. The highest BCUT2D eigenvalue weighted by Crippen LogP contribution is 2.34. The van der Waals surface area contributed by atoms with Gasteiger partial charge in [-0.3, -0.25) is 9.69 Å². The third-order valence-corrected chi connectivity index (χ3v) is 8.31. The predicted molar refractivity (Wildman–Crippen MR) is 127 cm³/mol. The maximum atomic E-state index is 13.2. The molecule has 0 spiro atoms. The van der Waals surface area contributed by atoms with Gasteiger partial charge in [0.15, 0.2) is 15.0 Å². The fourth-order valence-electron chi connectivity index (χ4n) is 3.25. The zero-order valence-electron chi connectivity index (χ0n) is 17.5. The molecule has 0 bridgehead atoms. The Morgan fingerprint density at radius 1 is 1.12 bits per heavy atom. The SMILES string of the molecule is Cc1ccc(S(=O)(=O)CCC(=O)N(Cc2ccco2)c2nc3c(C)c(Cl)ccc3s2)cc1. The lowest BCUT2D eigenvalue weighted by Gasteiger charge is -2.18. The summed E-state index contributed by atoms with van der Waals surface area (Å²) >= 11 is 7.58. The lowest BCUT2D eigenvalue weighted by Crippen LogP contribution is -2.31. The molecule has 0 saturated heterocycles. The van der Waals surface area contributed by atoms with Gasteiger partial charge in [0, 0.05) is 11.4 Å². The van der Waals surface area contributed by atoms with Crippen molar-refractivity contribution in [2.24, 2.45) is 0 Å². The van der Waals surface area contributed by atoms with Crippen LogP contribution in [0.3, 0.4) is 0 Å². The summed E-state index contributed by atoms with van der Waals surface area (Å²) in [6, 6.07) is 13.8. The lowest BCUT2D eigenvalue weighted by atomic mass is 10.2. The summed E-state index contributed by atoms with van der Waals surface area (Å²) in [5, 5.41) is 1.07. The fourth-order valence-corrected chi connectivity index (χ4v) is 5.67. The molecule has 0 aliphatic heterocycles. The Balaban J connectivity index is 1.61. The number of rotatable bonds is 7. The van der Waals surface area contributed by atoms with Gasteiger partial charge in [0.25, 0.3) is 0 Å². The number of aromatic nitrogens is 1. The van der Waals surface area contributed by atoms with Crippen molar-refractivity contribution in [1.29, 1.82) is 0 Å². The molecule has 0 unspecified atom stereocenters. The Labute approximate surface area is 195 Å². The Morgan fingerprint density at radius 2 is 1.88 bits per heavy atom. The molecule has 0 aliphatic rings. The summed E-state index contributed by atoms with van der Waals surface area (Å²) < 4.78 is 31.8. The largest absolute Gasteiger partial charge is 0.467 e. The van der Waals surface area contributed by atoms with Crippen molar-refractivity contribution in [3.63, 3.8) is 0 Å². The molecule has 32 heavy (non-hydrogen) atoms. The van der Waals surface area contributed by atoms with E-state index < -0.39 is 9.84 Å². The van der Waals surface area contributed by atoms with E-state index in [0.717, 1.165) is 21.3 Å². The number of benzene rings is 2. The Morgan fingerprint density at radius 3 is 2.56 bits per heavy atom. The van der Waals surface area contributed by atoms with Crippen LogP contribution in [0, 0.1) is 13.8 Å². The number of amides is 1. The highest BCUT2D eigenvalue weighted by atomic mass is 35.5. The van der Waals surface area contributed by atoms with Crippen molar-refractivity contribution in [2.75, 3.05) is 10.7 Å². The normalized spacial score (nSPS) is 11.7. The molecule has 2 heterocycles. The number of hydrogen-bond donors (Lipinski definition) is 0. The van der Waals surface area contributed by atoms with Gasteiger partial charge in [-0.05, 0) is 55.8 Å². The van der Waals surface area contributed by atoms with Crippen molar-refractivity contribution in [3.8, 4) is 0 Å². The van der Waals surface area contributed by atoms with Gasteiger partial charge < -0.3 is 4.42 Å². The summed E-state index contributed by atoms with van der Waals surface area (Å²) in [4.78, 5) is 19.5. The molecule has 0 aliphatic carbocycles. The number of aryl methyl sites for hydroxylation is 2. The van der Waals surface area contributed by atoms with Gasteiger partial charge in [0.2, 0.25) is 5.91 Å². The minimum Gasteiger partial charge on any atom is -0.467 e. The smallest absolute Gasteiger partial charge is 0.230 e. The summed E-state index contributed by atoms with van der Waals surface area (Å²) in [5.41, 5.74) is 2.52. The number of sulfone groups is 1. The molecule has 4 rings (SSSR count). The van der Waals surface area contributed by atoms with Gasteiger partial charge in [0.1, 0.15) is 5.76 Å². The predicted octanol–water partition coefficient (Wildman–Crippen LogP) is 5.56. The maximum Gasteiger partial charge on any atom is 0.230 e. The molecular formula is C23H21ClN2O4S2. The minimum atomic E-state index is -3.59. The van der Waals surface area contributed by atoms with Gasteiger partial charge in [-0.15, -0.1) is 0 Å². The molecule has 0 N–H and O–H groups in total. The molecule has 0 radical (unpaired) electrons. The van der Waals surface area contributed by atoms with E-state index in [1.165, 1.54) is 22.5 Å². The standard InChI is InChI=1S/C23H21ClN2O4S2/c1-15-5-7-18(8-6-15)32(28,29)13-11-21(27)26(14-17-4-3-12-30-17)23-25-22-16(2)19(24)9-10-20(22)31-23/h3-10,12H,11,13-14H2,1-2H3. The van der Waals surface area contributed by atoms with E-state index in [4.69, 9.17) is 16.0 Å². The van der Waals surface area contributed by atoms with E-state index in [-0.39, 0.29) is 29.5 Å². The van der Waals surface area contributed by atoms with Crippen LogP contribution >= 0.6 is 22.9 Å². The van der Waals surface area contributed by atoms with Gasteiger partial charge >= 0.3 is 0 Å². The van der Waals surface area contributed by atoms with Gasteiger partial charge in [0.05, 0.1) is 33.7 Å². The number of nitrogens with zero attached hydrogens (tertiary/aromatic N) is 2. The number of thiazole rings is 1. The van der Waals surface area contributed by atoms with E-state index in [9.17, 15) is 13.2 Å². The Hall–Kier alpha value is -2.68. The van der Waals surface area contributed by atoms with Crippen molar-refractivity contribution >= 4 is 54.0 Å². The van der Waals surface area contributed by atoms with Crippen LogP contribution < -0.4 is 4.90 Å². The first kappa shape index (κ1) is 22.5. The third kappa shape index (κ3) is 4.72. The molecule has 0 atom stereocenters. The van der Waals surface area contributed by atoms with Crippen molar-refractivity contribution in [3.05, 3.63) is 76.7 Å². The number of carbonyl (C=O) groups is 1. The first-order valence-corrected chi connectivity index (χ1v) is 12.8. The van der Waals surface area contributed by atoms with E-state index in [1.54, 1.807) is 42.5 Å². The molecule has 9 heteroatoms. The molecule has 2 aromatic heterocycles. The number of carbonyl (C=O) groups excluding carboxylic acids is 1. The van der Waals surface area contributed by atoms with Gasteiger partial charge in [-0.1, -0.05) is 40.6 Å². The van der Waals surface area contributed by atoms with E-state index in [0.29, 0.717) is 15.9 Å². The zero-order chi connectivity index (χ0) is 22.9.